The third-order valence-corrected chi connectivity index (χ3v) is 4.20. The number of nitrogens with one attached hydrogen (secondary N) is 2. The maximum Gasteiger partial charge on any atom is 0.326 e. The lowest BCUT2D eigenvalue weighted by Gasteiger charge is -2.19. The molecule has 0 aromatic heterocycles. The molecule has 2 aromatic rings. The van der Waals surface area contributed by atoms with Gasteiger partial charge in [0.05, 0.1) is 0 Å². The molecule has 0 spiro atoms. The molecule has 0 aliphatic heterocycles. The Bertz CT molecular complexity index is 871. The molecule has 0 bridgehead atoms. The second kappa shape index (κ2) is 9.32. The summed E-state index contributed by atoms with van der Waals surface area (Å²) in [4.78, 5) is 36.1. The monoisotopic (exact) mass is 400 g/mol. The average molecular weight is 400 g/mol. The molecule has 0 aliphatic carbocycles. The number of hydrogen-bond acceptors (Lipinski definition) is 4. The Balaban J connectivity index is 1.81. The van der Waals surface area contributed by atoms with Crippen LogP contribution in [-0.2, 0) is 19.7 Å². The summed E-state index contributed by atoms with van der Waals surface area (Å²) < 4.78 is 17.9. The summed E-state index contributed by atoms with van der Waals surface area (Å²) in [6.07, 6.45) is -1.07. The first-order valence-corrected chi connectivity index (χ1v) is 9.21. The molecular formula is C22H25FN2O4. The van der Waals surface area contributed by atoms with E-state index in [0.29, 0.717) is 11.3 Å². The molecule has 154 valence electrons. The fourth-order valence-electron chi connectivity index (χ4n) is 2.45. The number of benzene rings is 2. The number of halogens is 1. The van der Waals surface area contributed by atoms with Crippen molar-refractivity contribution in [2.75, 3.05) is 11.9 Å². The fourth-order valence-corrected chi connectivity index (χ4v) is 2.45. The topological polar surface area (TPSA) is 84.5 Å². The lowest BCUT2D eigenvalue weighted by atomic mass is 9.87. The molecule has 29 heavy (non-hydrogen) atoms. The van der Waals surface area contributed by atoms with Gasteiger partial charge in [0.1, 0.15) is 12.4 Å². The Morgan fingerprint density at radius 3 is 2.14 bits per heavy atom. The van der Waals surface area contributed by atoms with Gasteiger partial charge >= 0.3 is 5.97 Å². The molecule has 0 saturated heterocycles. The molecule has 0 radical (unpaired) electrons. The molecule has 1 atom stereocenters. The highest BCUT2D eigenvalue weighted by atomic mass is 19.1. The number of carbonyl (C=O) groups excluding carboxylic acids is 3. The summed E-state index contributed by atoms with van der Waals surface area (Å²) in [7, 11) is 0. The molecule has 2 amide bonds. The number of carbonyl (C=O) groups is 3. The largest absolute Gasteiger partial charge is 0.451 e. The zero-order valence-corrected chi connectivity index (χ0v) is 16.9. The number of amides is 2. The maximum atomic E-state index is 12.9. The van der Waals surface area contributed by atoms with Gasteiger partial charge in [0.2, 0.25) is 0 Å². The minimum atomic E-state index is -1.07. The van der Waals surface area contributed by atoms with Crippen LogP contribution in [0.25, 0.3) is 0 Å². The number of anilines is 1. The van der Waals surface area contributed by atoms with Crippen molar-refractivity contribution in [3.05, 3.63) is 65.5 Å². The van der Waals surface area contributed by atoms with Crippen LogP contribution in [0.2, 0.25) is 0 Å². The average Bonchev–Trinajstić information content (AvgIpc) is 2.67. The van der Waals surface area contributed by atoms with E-state index < -0.39 is 29.7 Å². The van der Waals surface area contributed by atoms with Crippen LogP contribution in [0.1, 0.15) is 43.6 Å². The number of esters is 1. The highest BCUT2D eigenvalue weighted by Crippen LogP contribution is 2.22. The van der Waals surface area contributed by atoms with Crippen molar-refractivity contribution >= 4 is 23.5 Å². The van der Waals surface area contributed by atoms with E-state index in [1.165, 1.54) is 31.2 Å². The molecule has 7 heteroatoms. The van der Waals surface area contributed by atoms with E-state index in [2.05, 4.69) is 31.4 Å². The van der Waals surface area contributed by atoms with E-state index in [-0.39, 0.29) is 12.0 Å². The van der Waals surface area contributed by atoms with Crippen LogP contribution in [-0.4, -0.2) is 30.4 Å². The van der Waals surface area contributed by atoms with Gasteiger partial charge in [-0.05, 0) is 54.3 Å². The Morgan fingerprint density at radius 2 is 1.59 bits per heavy atom. The molecule has 0 aliphatic rings. The molecule has 2 aromatic carbocycles. The smallest absolute Gasteiger partial charge is 0.326 e. The Labute approximate surface area is 169 Å². The molecule has 0 fully saturated rings. The summed E-state index contributed by atoms with van der Waals surface area (Å²) in [6.45, 7) is 7.26. The molecule has 0 unspecified atom stereocenters. The second-order valence-electron chi connectivity index (χ2n) is 7.64. The minimum absolute atomic E-state index is 0.0244. The Morgan fingerprint density at radius 1 is 1.00 bits per heavy atom. The van der Waals surface area contributed by atoms with Gasteiger partial charge in [0, 0.05) is 11.3 Å². The lowest BCUT2D eigenvalue weighted by Crippen LogP contribution is -2.35. The number of rotatable bonds is 6. The van der Waals surface area contributed by atoms with Crippen molar-refractivity contribution in [2.24, 2.45) is 0 Å². The first-order chi connectivity index (χ1) is 13.6. The Hall–Kier alpha value is -3.22. The van der Waals surface area contributed by atoms with Crippen LogP contribution in [0.4, 0.5) is 10.1 Å². The summed E-state index contributed by atoms with van der Waals surface area (Å²) >= 11 is 0. The summed E-state index contributed by atoms with van der Waals surface area (Å²) in [5.41, 5.74) is 1.87. The van der Waals surface area contributed by atoms with Gasteiger partial charge in [0.25, 0.3) is 11.8 Å². The van der Waals surface area contributed by atoms with Gasteiger partial charge in [-0.3, -0.25) is 14.4 Å². The van der Waals surface area contributed by atoms with Crippen molar-refractivity contribution in [2.45, 2.75) is 39.2 Å². The highest BCUT2D eigenvalue weighted by Gasteiger charge is 2.19. The summed E-state index contributed by atoms with van der Waals surface area (Å²) in [5, 5.41) is 4.98. The van der Waals surface area contributed by atoms with Gasteiger partial charge in [-0.2, -0.15) is 0 Å². The van der Waals surface area contributed by atoms with E-state index in [0.717, 1.165) is 5.56 Å². The normalized spacial score (nSPS) is 12.0. The first-order valence-electron chi connectivity index (χ1n) is 9.21. The van der Waals surface area contributed by atoms with E-state index in [1.807, 2.05) is 12.1 Å². The predicted molar refractivity (Wildman–Crippen MR) is 108 cm³/mol. The maximum absolute atomic E-state index is 12.9. The first kappa shape index (κ1) is 22.1. The van der Waals surface area contributed by atoms with E-state index in [4.69, 9.17) is 4.74 Å². The summed E-state index contributed by atoms with van der Waals surface area (Å²) in [5.74, 6) is -2.14. The van der Waals surface area contributed by atoms with E-state index in [1.54, 1.807) is 12.1 Å². The van der Waals surface area contributed by atoms with E-state index >= 15 is 0 Å². The molecule has 0 saturated carbocycles. The van der Waals surface area contributed by atoms with Crippen LogP contribution in [0.15, 0.2) is 48.5 Å². The van der Waals surface area contributed by atoms with Gasteiger partial charge in [0.15, 0.2) is 6.10 Å². The number of ether oxygens (including phenoxy) is 1. The molecule has 6 nitrogen and oxygen atoms in total. The predicted octanol–water partition coefficient (Wildman–Crippen LogP) is 3.42. The van der Waals surface area contributed by atoms with Gasteiger partial charge in [-0.1, -0.05) is 32.9 Å². The quantitative estimate of drug-likeness (QED) is 0.728. The lowest BCUT2D eigenvalue weighted by molar-refractivity contribution is -0.152. The zero-order chi connectivity index (χ0) is 21.6. The second-order valence-corrected chi connectivity index (χ2v) is 7.64. The van der Waals surface area contributed by atoms with Gasteiger partial charge in [-0.25, -0.2) is 4.39 Å². The van der Waals surface area contributed by atoms with Crippen molar-refractivity contribution in [1.82, 2.24) is 5.32 Å². The highest BCUT2D eigenvalue weighted by molar-refractivity contribution is 5.97. The summed E-state index contributed by atoms with van der Waals surface area (Å²) in [6, 6.07) is 12.3. The number of hydrogen-bond donors (Lipinski definition) is 2. The van der Waals surface area contributed by atoms with Crippen LogP contribution in [0.5, 0.6) is 0 Å². The van der Waals surface area contributed by atoms with Gasteiger partial charge in [-0.15, -0.1) is 0 Å². The fraction of sp³-hybridized carbons (Fsp3) is 0.318. The molecular weight excluding hydrogens is 375 g/mol. The minimum Gasteiger partial charge on any atom is -0.451 e. The molecule has 2 N–H and O–H groups in total. The SMILES string of the molecule is C[C@@H](OC(=O)CNC(=O)c1ccc(C(C)(C)C)cc1)C(=O)Nc1ccc(F)cc1. The molecule has 2 rings (SSSR count). The van der Waals surface area contributed by atoms with E-state index in [9.17, 15) is 18.8 Å². The van der Waals surface area contributed by atoms with Crippen molar-refractivity contribution in [3.63, 3.8) is 0 Å². The third kappa shape index (κ3) is 6.71. The van der Waals surface area contributed by atoms with Crippen molar-refractivity contribution in [1.29, 1.82) is 0 Å². The van der Waals surface area contributed by atoms with Crippen molar-refractivity contribution < 1.29 is 23.5 Å². The van der Waals surface area contributed by atoms with Crippen LogP contribution >= 0.6 is 0 Å². The third-order valence-electron chi connectivity index (χ3n) is 4.20. The van der Waals surface area contributed by atoms with Crippen LogP contribution < -0.4 is 10.6 Å². The molecule has 0 heterocycles. The standard InChI is InChI=1S/C22H25FN2O4/c1-14(20(27)25-18-11-9-17(23)10-12-18)29-19(26)13-24-21(28)15-5-7-16(8-6-15)22(2,3)4/h5-12,14H,13H2,1-4H3,(H,24,28)(H,25,27)/t14-/m1/s1. The Kier molecular flexibility index (Phi) is 7.09. The zero-order valence-electron chi connectivity index (χ0n) is 16.9. The van der Waals surface area contributed by atoms with Crippen molar-refractivity contribution in [3.8, 4) is 0 Å². The van der Waals surface area contributed by atoms with Gasteiger partial charge < -0.3 is 15.4 Å². The van der Waals surface area contributed by atoms with Crippen LogP contribution in [0.3, 0.4) is 0 Å². The van der Waals surface area contributed by atoms with Crippen LogP contribution in [0, 0.1) is 5.82 Å².